The van der Waals surface area contributed by atoms with Gasteiger partial charge in [0.1, 0.15) is 6.61 Å². The zero-order chi connectivity index (χ0) is 19.1. The Hall–Kier alpha value is -2.35. The number of hydrogen-bond donors (Lipinski definition) is 3. The van der Waals surface area contributed by atoms with Gasteiger partial charge in [-0.05, 0) is 11.6 Å². The smallest absolute Gasteiger partial charge is 0.248 e. The van der Waals surface area contributed by atoms with E-state index in [2.05, 4.69) is 20.3 Å². The third kappa shape index (κ3) is 3.01. The van der Waals surface area contributed by atoms with Crippen LogP contribution in [0.5, 0.6) is 0 Å². The predicted molar refractivity (Wildman–Crippen MR) is 105 cm³/mol. The van der Waals surface area contributed by atoms with E-state index in [-0.39, 0.29) is 5.91 Å². The number of benzene rings is 1. The maximum atomic E-state index is 12.0. The van der Waals surface area contributed by atoms with Crippen molar-refractivity contribution in [1.82, 2.24) is 19.9 Å². The molecule has 3 N–H and O–H groups in total. The summed E-state index contributed by atoms with van der Waals surface area (Å²) < 4.78 is 0. The number of aliphatic hydroxyl groups excluding tert-OH is 1. The van der Waals surface area contributed by atoms with Crippen LogP contribution < -0.4 is 5.32 Å². The maximum absolute atomic E-state index is 12.0. The van der Waals surface area contributed by atoms with E-state index < -0.39 is 6.61 Å². The highest BCUT2D eigenvalue weighted by Crippen LogP contribution is 2.42. The number of aliphatic hydroxyl groups is 1. The van der Waals surface area contributed by atoms with Gasteiger partial charge >= 0.3 is 0 Å². The second-order valence-corrected chi connectivity index (χ2v) is 7.11. The number of fused-ring (bicyclic) bond motifs is 3. The minimum Gasteiger partial charge on any atom is -0.387 e. The van der Waals surface area contributed by atoms with Crippen LogP contribution in [-0.2, 0) is 17.8 Å². The molecule has 3 heterocycles. The van der Waals surface area contributed by atoms with Crippen molar-refractivity contribution in [2.24, 2.45) is 0 Å². The minimum atomic E-state index is -0.504. The van der Waals surface area contributed by atoms with Gasteiger partial charge in [-0.15, -0.1) is 0 Å². The Morgan fingerprint density at radius 3 is 2.78 bits per heavy atom. The molecule has 4 rings (SSSR count). The molecule has 140 valence electrons. The largest absolute Gasteiger partial charge is 0.387 e. The summed E-state index contributed by atoms with van der Waals surface area (Å²) in [5, 5.41) is 13.9. The topological polar surface area (TPSA) is 94.1 Å². The first-order valence-corrected chi connectivity index (χ1v) is 9.19. The average Bonchev–Trinajstić information content (AvgIpc) is 3.09. The zero-order valence-electron chi connectivity index (χ0n) is 14.5. The Labute approximate surface area is 165 Å². The molecule has 0 atom stereocenters. The van der Waals surface area contributed by atoms with E-state index in [0.29, 0.717) is 35.5 Å². The van der Waals surface area contributed by atoms with Crippen LogP contribution in [0.3, 0.4) is 0 Å². The number of aromatic amines is 1. The van der Waals surface area contributed by atoms with Crippen molar-refractivity contribution in [3.05, 3.63) is 39.8 Å². The number of anilines is 1. The van der Waals surface area contributed by atoms with Gasteiger partial charge in [-0.1, -0.05) is 23.2 Å². The van der Waals surface area contributed by atoms with Crippen LogP contribution in [0.2, 0.25) is 10.0 Å². The fourth-order valence-electron chi connectivity index (χ4n) is 3.48. The number of H-pyrrole nitrogens is 1. The summed E-state index contributed by atoms with van der Waals surface area (Å²) in [6, 6.07) is 1.80. The Morgan fingerprint density at radius 2 is 2.11 bits per heavy atom. The summed E-state index contributed by atoms with van der Waals surface area (Å²) in [6.07, 6.45) is 4.09. The molecule has 0 unspecified atom stereocenters. The monoisotopic (exact) mass is 405 g/mol. The van der Waals surface area contributed by atoms with Gasteiger partial charge in [0.15, 0.2) is 0 Å². The molecule has 7 nitrogen and oxygen atoms in total. The van der Waals surface area contributed by atoms with Crippen molar-refractivity contribution in [2.75, 3.05) is 25.5 Å². The summed E-state index contributed by atoms with van der Waals surface area (Å²) in [5.74, 6) is 0.226. The van der Waals surface area contributed by atoms with Gasteiger partial charge in [-0.2, -0.15) is 0 Å². The number of carbonyl (C=O) groups excluding carboxylic acids is 1. The zero-order valence-corrected chi connectivity index (χ0v) is 16.0. The van der Waals surface area contributed by atoms with E-state index in [9.17, 15) is 9.90 Å². The average molecular weight is 406 g/mol. The number of nitrogens with zero attached hydrogens (tertiary/aromatic N) is 3. The molecule has 2 aromatic heterocycles. The fourth-order valence-corrected chi connectivity index (χ4v) is 3.88. The second kappa shape index (κ2) is 6.99. The van der Waals surface area contributed by atoms with Crippen LogP contribution in [-0.4, -0.2) is 51.1 Å². The summed E-state index contributed by atoms with van der Waals surface area (Å²) in [7, 11) is 1.75. The number of carbonyl (C=O) groups is 1. The molecule has 0 spiro atoms. The molecular weight excluding hydrogens is 389 g/mol. The molecule has 27 heavy (non-hydrogen) atoms. The molecule has 1 aromatic carbocycles. The van der Waals surface area contributed by atoms with E-state index in [4.69, 9.17) is 23.2 Å². The van der Waals surface area contributed by atoms with E-state index in [1.165, 1.54) is 0 Å². The van der Waals surface area contributed by atoms with Crippen LogP contribution >= 0.6 is 23.2 Å². The van der Waals surface area contributed by atoms with Gasteiger partial charge in [0, 0.05) is 61.2 Å². The van der Waals surface area contributed by atoms with E-state index in [1.54, 1.807) is 30.4 Å². The molecular formula is C18H17Cl2N5O2. The van der Waals surface area contributed by atoms with Crippen LogP contribution in [0.25, 0.3) is 22.0 Å². The summed E-state index contributed by atoms with van der Waals surface area (Å²) >= 11 is 12.8. The molecule has 3 aromatic rings. The predicted octanol–water partition coefficient (Wildman–Crippen LogP) is 2.85. The molecule has 1 aliphatic heterocycles. The number of aromatic nitrogens is 3. The van der Waals surface area contributed by atoms with Crippen LogP contribution in [0.4, 0.5) is 5.95 Å². The van der Waals surface area contributed by atoms with Gasteiger partial charge in [0.05, 0.1) is 15.6 Å². The SMILES string of the molecule is CNc1ncc(-c2cc(Cl)c(Cl)c3[nH]c4c(c23)CN(C(=O)CO)CC4)cn1. The van der Waals surface area contributed by atoms with Crippen molar-refractivity contribution >= 4 is 46.0 Å². The molecule has 0 bridgehead atoms. The minimum absolute atomic E-state index is 0.293. The molecule has 0 radical (unpaired) electrons. The molecule has 9 heteroatoms. The third-order valence-electron chi connectivity index (χ3n) is 4.82. The lowest BCUT2D eigenvalue weighted by molar-refractivity contribution is -0.135. The van der Waals surface area contributed by atoms with E-state index in [0.717, 1.165) is 33.3 Å². The lowest BCUT2D eigenvalue weighted by atomic mass is 9.97. The normalized spacial score (nSPS) is 13.7. The first-order valence-electron chi connectivity index (χ1n) is 8.43. The molecule has 1 amide bonds. The Kier molecular flexibility index (Phi) is 4.67. The number of rotatable bonds is 3. The highest BCUT2D eigenvalue weighted by Gasteiger charge is 2.27. The lowest BCUT2D eigenvalue weighted by Gasteiger charge is -2.27. The highest BCUT2D eigenvalue weighted by atomic mass is 35.5. The fraction of sp³-hybridized carbons (Fsp3) is 0.278. The molecule has 0 fully saturated rings. The van der Waals surface area contributed by atoms with Gasteiger partial charge in [-0.25, -0.2) is 9.97 Å². The van der Waals surface area contributed by atoms with Crippen molar-refractivity contribution < 1.29 is 9.90 Å². The van der Waals surface area contributed by atoms with E-state index >= 15 is 0 Å². The van der Waals surface area contributed by atoms with Crippen LogP contribution in [0.1, 0.15) is 11.3 Å². The first kappa shape index (κ1) is 18.0. The quantitative estimate of drug-likeness (QED) is 0.622. The van der Waals surface area contributed by atoms with Crippen molar-refractivity contribution in [3.8, 4) is 11.1 Å². The van der Waals surface area contributed by atoms with Crippen LogP contribution in [0, 0.1) is 0 Å². The van der Waals surface area contributed by atoms with Gasteiger partial charge in [0.25, 0.3) is 0 Å². The van der Waals surface area contributed by atoms with Gasteiger partial charge in [0.2, 0.25) is 11.9 Å². The first-order chi connectivity index (χ1) is 13.0. The van der Waals surface area contributed by atoms with Gasteiger partial charge in [-0.3, -0.25) is 4.79 Å². The third-order valence-corrected chi connectivity index (χ3v) is 5.60. The number of nitrogens with one attached hydrogen (secondary N) is 2. The number of amides is 1. The van der Waals surface area contributed by atoms with Crippen LogP contribution in [0.15, 0.2) is 18.5 Å². The molecule has 0 saturated heterocycles. The maximum Gasteiger partial charge on any atom is 0.248 e. The molecule has 0 saturated carbocycles. The second-order valence-electron chi connectivity index (χ2n) is 6.32. The standard InChI is InChI=1S/C18H17Cl2N5O2/c1-21-18-22-5-9(6-23-18)10-4-12(19)16(20)17-15(10)11-7-25(14(27)8-26)3-2-13(11)24-17/h4-6,24,26H,2-3,7-8H2,1H3,(H,21,22,23). The number of hydrogen-bond acceptors (Lipinski definition) is 5. The highest BCUT2D eigenvalue weighted by molar-refractivity contribution is 6.45. The van der Waals surface area contributed by atoms with Crippen molar-refractivity contribution in [1.29, 1.82) is 0 Å². The molecule has 1 aliphatic rings. The Morgan fingerprint density at radius 1 is 1.37 bits per heavy atom. The Balaban J connectivity index is 1.92. The molecule has 0 aliphatic carbocycles. The van der Waals surface area contributed by atoms with Crippen molar-refractivity contribution in [3.63, 3.8) is 0 Å². The summed E-state index contributed by atoms with van der Waals surface area (Å²) in [5.41, 5.74) is 4.37. The summed E-state index contributed by atoms with van der Waals surface area (Å²) in [4.78, 5) is 25.5. The summed E-state index contributed by atoms with van der Waals surface area (Å²) in [6.45, 7) is 0.436. The van der Waals surface area contributed by atoms with E-state index in [1.807, 2.05) is 0 Å². The van der Waals surface area contributed by atoms with Crippen molar-refractivity contribution in [2.45, 2.75) is 13.0 Å². The van der Waals surface area contributed by atoms with Gasteiger partial charge < -0.3 is 20.3 Å². The lowest BCUT2D eigenvalue weighted by Crippen LogP contribution is -2.37. The Bertz CT molecular complexity index is 1030. The number of halogens is 2.